The molecule has 30 heavy (non-hydrogen) atoms. The molecule has 0 spiro atoms. The van der Waals surface area contributed by atoms with Crippen molar-refractivity contribution in [3.8, 4) is 11.8 Å². The van der Waals surface area contributed by atoms with E-state index < -0.39 is 17.8 Å². The van der Waals surface area contributed by atoms with Crippen molar-refractivity contribution in [1.82, 2.24) is 0 Å². The summed E-state index contributed by atoms with van der Waals surface area (Å²) in [7, 11) is 0. The van der Waals surface area contributed by atoms with Crippen LogP contribution in [0.5, 0.6) is 5.75 Å². The molecule has 0 saturated carbocycles. The summed E-state index contributed by atoms with van der Waals surface area (Å²) in [6, 6.07) is 11.2. The van der Waals surface area contributed by atoms with Gasteiger partial charge in [-0.2, -0.15) is 5.26 Å². The minimum atomic E-state index is -0.613. The zero-order valence-electron chi connectivity index (χ0n) is 16.0. The number of esters is 2. The van der Waals surface area contributed by atoms with Gasteiger partial charge in [0.15, 0.2) is 5.75 Å². The van der Waals surface area contributed by atoms with Gasteiger partial charge in [-0.1, -0.05) is 0 Å². The SMILES string of the molecule is CCOC(=O)c1ccc(NC(=O)/C(C#N)=C/c2cc(Br)c(OC(C)=O)c(Br)c2)cc1. The van der Waals surface area contributed by atoms with Crippen LogP contribution < -0.4 is 10.1 Å². The Labute approximate surface area is 189 Å². The van der Waals surface area contributed by atoms with Crippen molar-refractivity contribution in [3.05, 3.63) is 62.0 Å². The molecule has 0 radical (unpaired) electrons. The summed E-state index contributed by atoms with van der Waals surface area (Å²) in [5.41, 5.74) is 1.17. The molecule has 2 rings (SSSR count). The monoisotopic (exact) mass is 534 g/mol. The summed E-state index contributed by atoms with van der Waals surface area (Å²) in [5.74, 6) is -1.26. The maximum absolute atomic E-state index is 12.5. The summed E-state index contributed by atoms with van der Waals surface area (Å²) in [4.78, 5) is 35.3. The number of hydrogen-bond acceptors (Lipinski definition) is 6. The molecule has 0 atom stereocenters. The minimum Gasteiger partial charge on any atom is -0.462 e. The number of carbonyl (C=O) groups excluding carboxylic acids is 3. The normalized spacial score (nSPS) is 10.7. The van der Waals surface area contributed by atoms with Gasteiger partial charge in [-0.15, -0.1) is 0 Å². The third-order valence-electron chi connectivity index (χ3n) is 3.60. The molecule has 0 unspecified atom stereocenters. The highest BCUT2D eigenvalue weighted by Crippen LogP contribution is 2.35. The number of ether oxygens (including phenoxy) is 2. The number of benzene rings is 2. The second-order valence-corrected chi connectivity index (χ2v) is 7.54. The molecule has 1 N–H and O–H groups in total. The van der Waals surface area contributed by atoms with Gasteiger partial charge in [0.05, 0.1) is 21.1 Å². The van der Waals surface area contributed by atoms with Crippen LogP contribution in [-0.2, 0) is 14.3 Å². The lowest BCUT2D eigenvalue weighted by Gasteiger charge is -2.09. The molecule has 2 aromatic carbocycles. The predicted molar refractivity (Wildman–Crippen MR) is 118 cm³/mol. The van der Waals surface area contributed by atoms with Crippen molar-refractivity contribution < 1.29 is 23.9 Å². The number of nitrogens with zero attached hydrogens (tertiary/aromatic N) is 1. The fraction of sp³-hybridized carbons (Fsp3) is 0.143. The van der Waals surface area contributed by atoms with E-state index in [2.05, 4.69) is 37.2 Å². The molecule has 154 valence electrons. The van der Waals surface area contributed by atoms with E-state index in [4.69, 9.17) is 9.47 Å². The third-order valence-corrected chi connectivity index (χ3v) is 4.77. The number of nitrogens with one attached hydrogen (secondary N) is 1. The summed E-state index contributed by atoms with van der Waals surface area (Å²) >= 11 is 6.60. The van der Waals surface area contributed by atoms with E-state index in [0.29, 0.717) is 31.5 Å². The summed E-state index contributed by atoms with van der Waals surface area (Å²) in [6.07, 6.45) is 1.40. The second kappa shape index (κ2) is 10.7. The van der Waals surface area contributed by atoms with E-state index in [-0.39, 0.29) is 12.2 Å². The molecule has 0 fully saturated rings. The van der Waals surface area contributed by atoms with Crippen molar-refractivity contribution in [2.24, 2.45) is 0 Å². The van der Waals surface area contributed by atoms with Gasteiger partial charge >= 0.3 is 11.9 Å². The Hall–Kier alpha value is -2.96. The number of hydrogen-bond donors (Lipinski definition) is 1. The summed E-state index contributed by atoms with van der Waals surface area (Å²) < 4.78 is 11.0. The second-order valence-electron chi connectivity index (χ2n) is 5.83. The Morgan fingerprint density at radius 1 is 1.13 bits per heavy atom. The van der Waals surface area contributed by atoms with E-state index >= 15 is 0 Å². The highest BCUT2D eigenvalue weighted by atomic mass is 79.9. The van der Waals surface area contributed by atoms with Gasteiger partial charge in [-0.25, -0.2) is 4.79 Å². The molecule has 0 bridgehead atoms. The van der Waals surface area contributed by atoms with E-state index in [1.807, 2.05) is 6.07 Å². The van der Waals surface area contributed by atoms with Crippen molar-refractivity contribution in [2.75, 3.05) is 11.9 Å². The zero-order chi connectivity index (χ0) is 22.3. The Bertz CT molecular complexity index is 1030. The molecule has 7 nitrogen and oxygen atoms in total. The lowest BCUT2D eigenvalue weighted by atomic mass is 10.1. The van der Waals surface area contributed by atoms with Crippen molar-refractivity contribution >= 4 is 61.5 Å². The van der Waals surface area contributed by atoms with Gasteiger partial charge < -0.3 is 14.8 Å². The lowest BCUT2D eigenvalue weighted by molar-refractivity contribution is -0.132. The molecule has 0 aliphatic rings. The van der Waals surface area contributed by atoms with Crippen molar-refractivity contribution in [3.63, 3.8) is 0 Å². The number of halogens is 2. The molecule has 0 heterocycles. The maximum Gasteiger partial charge on any atom is 0.338 e. The van der Waals surface area contributed by atoms with Crippen LogP contribution in [0.25, 0.3) is 6.08 Å². The fourth-order valence-electron chi connectivity index (χ4n) is 2.32. The van der Waals surface area contributed by atoms with Crippen LogP contribution in [0.15, 0.2) is 50.9 Å². The van der Waals surface area contributed by atoms with Crippen LogP contribution in [-0.4, -0.2) is 24.5 Å². The van der Waals surface area contributed by atoms with Gasteiger partial charge in [0.1, 0.15) is 11.6 Å². The average Bonchev–Trinajstić information content (AvgIpc) is 2.69. The van der Waals surface area contributed by atoms with E-state index in [1.165, 1.54) is 25.1 Å². The zero-order valence-corrected chi connectivity index (χ0v) is 19.2. The minimum absolute atomic E-state index is 0.136. The number of amides is 1. The highest BCUT2D eigenvalue weighted by molar-refractivity contribution is 9.11. The van der Waals surface area contributed by atoms with Crippen LogP contribution in [0.2, 0.25) is 0 Å². The first kappa shape index (κ1) is 23.3. The predicted octanol–water partition coefficient (Wildman–Crippen LogP) is 4.86. The van der Waals surface area contributed by atoms with Gasteiger partial charge in [-0.05, 0) is 86.8 Å². The Balaban J connectivity index is 2.20. The molecule has 0 saturated heterocycles. The largest absolute Gasteiger partial charge is 0.462 e. The first-order valence-corrected chi connectivity index (χ1v) is 10.2. The molecule has 1 amide bonds. The van der Waals surface area contributed by atoms with Crippen LogP contribution in [0, 0.1) is 11.3 Å². The van der Waals surface area contributed by atoms with Crippen LogP contribution in [0.1, 0.15) is 29.8 Å². The van der Waals surface area contributed by atoms with Gasteiger partial charge in [0, 0.05) is 12.6 Å². The molecule has 0 aliphatic heterocycles. The fourth-order valence-corrected chi connectivity index (χ4v) is 3.71. The van der Waals surface area contributed by atoms with E-state index in [9.17, 15) is 19.6 Å². The smallest absolute Gasteiger partial charge is 0.338 e. The molecule has 2 aromatic rings. The van der Waals surface area contributed by atoms with Crippen molar-refractivity contribution in [2.45, 2.75) is 13.8 Å². The third kappa shape index (κ3) is 6.27. The topological polar surface area (TPSA) is 105 Å². The van der Waals surface area contributed by atoms with E-state index in [1.54, 1.807) is 31.2 Å². The van der Waals surface area contributed by atoms with Gasteiger partial charge in [-0.3, -0.25) is 9.59 Å². The molecular weight excluding hydrogens is 520 g/mol. The number of nitriles is 1. The number of rotatable bonds is 6. The standard InChI is InChI=1S/C21H16Br2N2O5/c1-3-29-21(28)14-4-6-16(7-5-14)25-20(27)15(11-24)8-13-9-17(22)19(18(23)10-13)30-12(2)26/h4-10H,3H2,1-2H3,(H,25,27)/b15-8+. The first-order chi connectivity index (χ1) is 14.2. The number of anilines is 1. The Kier molecular flexibility index (Phi) is 8.33. The summed E-state index contributed by atoms with van der Waals surface area (Å²) in [5, 5.41) is 12.0. The average molecular weight is 536 g/mol. The summed E-state index contributed by atoms with van der Waals surface area (Å²) in [6.45, 7) is 3.26. The van der Waals surface area contributed by atoms with Crippen LogP contribution in [0.4, 0.5) is 5.69 Å². The Morgan fingerprint density at radius 3 is 2.23 bits per heavy atom. The molecular formula is C21H16Br2N2O5. The molecule has 9 heteroatoms. The van der Waals surface area contributed by atoms with Crippen LogP contribution >= 0.6 is 31.9 Å². The lowest BCUT2D eigenvalue weighted by Crippen LogP contribution is -2.13. The maximum atomic E-state index is 12.5. The van der Waals surface area contributed by atoms with Gasteiger partial charge in [0.25, 0.3) is 5.91 Å². The van der Waals surface area contributed by atoms with Crippen LogP contribution in [0.3, 0.4) is 0 Å². The molecule has 0 aliphatic carbocycles. The quantitative estimate of drug-likeness (QED) is 0.245. The molecule has 0 aromatic heterocycles. The highest BCUT2D eigenvalue weighted by Gasteiger charge is 2.14. The first-order valence-electron chi connectivity index (χ1n) is 8.63. The van der Waals surface area contributed by atoms with E-state index in [0.717, 1.165) is 0 Å². The van der Waals surface area contributed by atoms with Gasteiger partial charge in [0.2, 0.25) is 0 Å². The Morgan fingerprint density at radius 2 is 1.73 bits per heavy atom. The van der Waals surface area contributed by atoms with Crippen molar-refractivity contribution in [1.29, 1.82) is 5.26 Å². The number of carbonyl (C=O) groups is 3.